The van der Waals surface area contributed by atoms with Crippen molar-refractivity contribution in [3.05, 3.63) is 12.3 Å². The van der Waals surface area contributed by atoms with Crippen LogP contribution in [-0.2, 0) is 11.8 Å². The van der Waals surface area contributed by atoms with Crippen LogP contribution in [0.3, 0.4) is 0 Å². The minimum absolute atomic E-state index is 0.152. The molecular weight excluding hydrogens is 316 g/mol. The van der Waals surface area contributed by atoms with E-state index in [1.54, 1.807) is 0 Å². The van der Waals surface area contributed by atoms with Gasteiger partial charge < -0.3 is 15.0 Å². The smallest absolute Gasteiger partial charge is 0.410 e. The Kier molecular flexibility index (Phi) is 5.25. The van der Waals surface area contributed by atoms with Crippen molar-refractivity contribution in [3.8, 4) is 0 Å². The summed E-state index contributed by atoms with van der Waals surface area (Å²) in [5.74, 6) is 1.40. The first-order valence-corrected chi connectivity index (χ1v) is 9.59. The van der Waals surface area contributed by atoms with Gasteiger partial charge in [0.15, 0.2) is 0 Å². The van der Waals surface area contributed by atoms with Crippen molar-refractivity contribution in [2.45, 2.75) is 77.0 Å². The summed E-state index contributed by atoms with van der Waals surface area (Å²) in [5.41, 5.74) is -0.444. The number of carbonyl (C=O) groups is 1. The Morgan fingerprint density at radius 1 is 1.24 bits per heavy atom. The number of likely N-dealkylation sites (tertiary alicyclic amines) is 1. The van der Waals surface area contributed by atoms with Crippen LogP contribution in [-0.4, -0.2) is 45.0 Å². The van der Waals surface area contributed by atoms with Crippen molar-refractivity contribution in [2.24, 2.45) is 13.0 Å². The van der Waals surface area contributed by atoms with Crippen LogP contribution in [0.1, 0.15) is 59.3 Å². The first-order valence-electron chi connectivity index (χ1n) is 9.59. The van der Waals surface area contributed by atoms with Crippen molar-refractivity contribution in [1.82, 2.24) is 14.7 Å². The van der Waals surface area contributed by atoms with Gasteiger partial charge in [-0.2, -0.15) is 5.10 Å². The van der Waals surface area contributed by atoms with Crippen LogP contribution >= 0.6 is 0 Å². The summed E-state index contributed by atoms with van der Waals surface area (Å²) >= 11 is 0. The van der Waals surface area contributed by atoms with E-state index in [1.807, 2.05) is 49.7 Å². The fourth-order valence-electron chi connectivity index (χ4n) is 4.26. The number of carbonyl (C=O) groups excluding carboxylic acids is 1. The molecule has 25 heavy (non-hydrogen) atoms. The van der Waals surface area contributed by atoms with E-state index in [2.05, 4.69) is 10.4 Å². The lowest BCUT2D eigenvalue weighted by Gasteiger charge is -2.41. The number of hydrogen-bond acceptors (Lipinski definition) is 4. The highest BCUT2D eigenvalue weighted by Crippen LogP contribution is 2.37. The maximum atomic E-state index is 12.7. The van der Waals surface area contributed by atoms with Gasteiger partial charge in [-0.3, -0.25) is 4.68 Å². The molecule has 2 heterocycles. The molecule has 1 saturated carbocycles. The second-order valence-electron chi connectivity index (χ2n) is 8.46. The summed E-state index contributed by atoms with van der Waals surface area (Å²) in [7, 11) is 1.93. The quantitative estimate of drug-likeness (QED) is 0.903. The minimum atomic E-state index is -0.444. The third kappa shape index (κ3) is 4.47. The normalized spacial score (nSPS) is 27.4. The summed E-state index contributed by atoms with van der Waals surface area (Å²) in [6.45, 7) is 6.62. The number of piperidine rings is 1. The number of hydrogen-bond donors (Lipinski definition) is 1. The molecule has 1 aromatic heterocycles. The Labute approximate surface area is 150 Å². The molecule has 3 atom stereocenters. The molecule has 0 aromatic carbocycles. The highest BCUT2D eigenvalue weighted by atomic mass is 16.6. The fraction of sp³-hybridized carbons (Fsp3) is 0.789. The highest BCUT2D eigenvalue weighted by molar-refractivity contribution is 5.68. The van der Waals surface area contributed by atoms with Gasteiger partial charge >= 0.3 is 6.09 Å². The SMILES string of the molecule is Cn1ccc(NC2CCCC2C2CCCCN2C(=O)OC(C)(C)C)n1. The molecule has 2 aliphatic rings. The van der Waals surface area contributed by atoms with E-state index in [4.69, 9.17) is 4.74 Å². The van der Waals surface area contributed by atoms with Crippen LogP contribution in [0.5, 0.6) is 0 Å². The number of aryl methyl sites for hydroxylation is 1. The molecule has 1 aromatic rings. The minimum Gasteiger partial charge on any atom is -0.444 e. The Hall–Kier alpha value is -1.72. The van der Waals surface area contributed by atoms with Gasteiger partial charge in [-0.25, -0.2) is 4.79 Å². The standard InChI is InChI=1S/C19H32N4O2/c1-19(2,3)25-18(24)23-12-6-5-10-16(23)14-8-7-9-15(14)20-17-11-13-22(4)21-17/h11,13-16H,5-10,12H2,1-4H3,(H,20,21). The van der Waals surface area contributed by atoms with Crippen molar-refractivity contribution >= 4 is 11.9 Å². The molecule has 0 spiro atoms. The van der Waals surface area contributed by atoms with Gasteiger partial charge in [0.2, 0.25) is 0 Å². The van der Waals surface area contributed by atoms with Crippen LogP contribution in [0.4, 0.5) is 10.6 Å². The van der Waals surface area contributed by atoms with E-state index >= 15 is 0 Å². The zero-order chi connectivity index (χ0) is 18.0. The molecule has 6 heteroatoms. The Balaban J connectivity index is 1.71. The Morgan fingerprint density at radius 3 is 2.72 bits per heavy atom. The summed E-state index contributed by atoms with van der Waals surface area (Å²) in [5, 5.41) is 8.06. The maximum Gasteiger partial charge on any atom is 0.410 e. The first kappa shape index (κ1) is 18.1. The zero-order valence-electron chi connectivity index (χ0n) is 16.0. The van der Waals surface area contributed by atoms with Crippen molar-refractivity contribution in [3.63, 3.8) is 0 Å². The number of aromatic nitrogens is 2. The summed E-state index contributed by atoms with van der Waals surface area (Å²) in [4.78, 5) is 14.7. The molecule has 1 aliphatic carbocycles. The fourth-order valence-corrected chi connectivity index (χ4v) is 4.26. The molecule has 1 N–H and O–H groups in total. The molecule has 1 amide bonds. The van der Waals surface area contributed by atoms with E-state index < -0.39 is 5.60 Å². The lowest BCUT2D eigenvalue weighted by Crippen LogP contribution is -2.51. The van der Waals surface area contributed by atoms with Crippen LogP contribution in [0.2, 0.25) is 0 Å². The van der Waals surface area contributed by atoms with E-state index in [0.29, 0.717) is 12.0 Å². The average molecular weight is 348 g/mol. The van der Waals surface area contributed by atoms with E-state index in [9.17, 15) is 4.79 Å². The van der Waals surface area contributed by atoms with Crippen molar-refractivity contribution in [1.29, 1.82) is 0 Å². The van der Waals surface area contributed by atoms with Gasteiger partial charge in [-0.05, 0) is 58.8 Å². The van der Waals surface area contributed by atoms with Crippen LogP contribution < -0.4 is 5.32 Å². The number of nitrogens with one attached hydrogen (secondary N) is 1. The average Bonchev–Trinajstić information content (AvgIpc) is 3.15. The van der Waals surface area contributed by atoms with Crippen LogP contribution in [0.25, 0.3) is 0 Å². The van der Waals surface area contributed by atoms with Gasteiger partial charge in [0.05, 0.1) is 0 Å². The molecular formula is C19H32N4O2. The van der Waals surface area contributed by atoms with Gasteiger partial charge in [-0.15, -0.1) is 0 Å². The summed E-state index contributed by atoms with van der Waals surface area (Å²) < 4.78 is 7.49. The third-order valence-corrected chi connectivity index (χ3v) is 5.29. The van der Waals surface area contributed by atoms with Gasteiger partial charge in [0.25, 0.3) is 0 Å². The lowest BCUT2D eigenvalue weighted by molar-refractivity contribution is 0.00123. The first-order chi connectivity index (χ1) is 11.8. The van der Waals surface area contributed by atoms with Gasteiger partial charge in [0, 0.05) is 37.9 Å². The summed E-state index contributed by atoms with van der Waals surface area (Å²) in [6, 6.07) is 2.66. The molecule has 6 nitrogen and oxygen atoms in total. The second-order valence-corrected chi connectivity index (χ2v) is 8.46. The topological polar surface area (TPSA) is 59.4 Å². The Bertz CT molecular complexity index is 592. The predicted molar refractivity (Wildman–Crippen MR) is 98.5 cm³/mol. The van der Waals surface area contributed by atoms with Gasteiger partial charge in [0.1, 0.15) is 11.4 Å². The Morgan fingerprint density at radius 2 is 2.04 bits per heavy atom. The van der Waals surface area contributed by atoms with Crippen molar-refractivity contribution < 1.29 is 9.53 Å². The summed E-state index contributed by atoms with van der Waals surface area (Å²) in [6.07, 6.45) is 8.64. The highest BCUT2D eigenvalue weighted by Gasteiger charge is 2.41. The number of amides is 1. The van der Waals surface area contributed by atoms with E-state index in [1.165, 1.54) is 12.8 Å². The predicted octanol–water partition coefficient (Wildman–Crippen LogP) is 3.79. The van der Waals surface area contributed by atoms with E-state index in [0.717, 1.165) is 38.0 Å². The molecule has 0 radical (unpaired) electrons. The zero-order valence-corrected chi connectivity index (χ0v) is 16.0. The van der Waals surface area contributed by atoms with Crippen molar-refractivity contribution in [2.75, 3.05) is 11.9 Å². The molecule has 140 valence electrons. The third-order valence-electron chi connectivity index (χ3n) is 5.29. The van der Waals surface area contributed by atoms with Crippen LogP contribution in [0, 0.1) is 5.92 Å². The number of anilines is 1. The number of ether oxygens (including phenoxy) is 1. The number of rotatable bonds is 3. The molecule has 1 saturated heterocycles. The van der Waals surface area contributed by atoms with E-state index in [-0.39, 0.29) is 12.1 Å². The molecule has 2 fully saturated rings. The molecule has 1 aliphatic heterocycles. The number of nitrogens with zero attached hydrogens (tertiary/aromatic N) is 3. The van der Waals surface area contributed by atoms with Crippen LogP contribution in [0.15, 0.2) is 12.3 Å². The molecule has 0 bridgehead atoms. The molecule has 3 rings (SSSR count). The largest absolute Gasteiger partial charge is 0.444 e. The maximum absolute atomic E-state index is 12.7. The van der Waals surface area contributed by atoms with Gasteiger partial charge in [-0.1, -0.05) is 6.42 Å². The lowest BCUT2D eigenvalue weighted by atomic mass is 9.87. The second kappa shape index (κ2) is 7.26. The monoisotopic (exact) mass is 348 g/mol. The molecule has 3 unspecified atom stereocenters.